The number of hydrogen-bond donors (Lipinski definition) is 0. The molecule has 0 unspecified atom stereocenters. The van der Waals surface area contributed by atoms with E-state index in [-0.39, 0.29) is 0 Å². The lowest BCUT2D eigenvalue weighted by Gasteiger charge is -2.07. The van der Waals surface area contributed by atoms with Gasteiger partial charge in [-0.25, -0.2) is 0 Å². The van der Waals surface area contributed by atoms with Crippen molar-refractivity contribution in [2.75, 3.05) is 6.61 Å². The predicted molar refractivity (Wildman–Crippen MR) is 60.8 cm³/mol. The number of aryl methyl sites for hydroxylation is 2. The normalized spacial score (nSPS) is 10.3. The second-order valence-electron chi connectivity index (χ2n) is 3.41. The molecule has 0 amide bonds. The SMILES string of the molecule is C=C(CO[SiH3])c1cc(C)cc(C)c1. The van der Waals surface area contributed by atoms with Crippen LogP contribution in [0.5, 0.6) is 0 Å². The van der Waals surface area contributed by atoms with Gasteiger partial charge in [0.05, 0.1) is 6.61 Å². The lowest BCUT2D eigenvalue weighted by atomic mass is 10.0. The topological polar surface area (TPSA) is 9.23 Å². The Labute approximate surface area is 83.0 Å². The molecule has 0 bridgehead atoms. The van der Waals surface area contributed by atoms with Crippen LogP contribution in [0.25, 0.3) is 5.57 Å². The molecule has 0 atom stereocenters. The molecule has 0 saturated carbocycles. The Balaban J connectivity index is 2.94. The van der Waals surface area contributed by atoms with Gasteiger partial charge in [-0.2, -0.15) is 0 Å². The Kier molecular flexibility index (Phi) is 3.45. The molecule has 1 nitrogen and oxygen atoms in total. The van der Waals surface area contributed by atoms with Crippen molar-refractivity contribution in [2.45, 2.75) is 13.8 Å². The molecule has 2 heteroatoms. The molecule has 0 spiro atoms. The molecular weight excluding hydrogens is 176 g/mol. The van der Waals surface area contributed by atoms with Crippen molar-refractivity contribution >= 4 is 16.1 Å². The first-order chi connectivity index (χ1) is 6.13. The number of hydrogen-bond acceptors (Lipinski definition) is 1. The van der Waals surface area contributed by atoms with Gasteiger partial charge >= 0.3 is 0 Å². The average Bonchev–Trinajstić information content (AvgIpc) is 2.03. The standard InChI is InChI=1S/C11H16OSi/c1-8-4-9(2)6-11(5-8)10(3)7-12-13/h4-6H,3,7H2,1-2,13H3. The van der Waals surface area contributed by atoms with Crippen LogP contribution in [0.3, 0.4) is 0 Å². The fourth-order valence-electron chi connectivity index (χ4n) is 1.44. The molecule has 0 aliphatic rings. The minimum Gasteiger partial charge on any atom is -0.424 e. The first-order valence-electron chi connectivity index (χ1n) is 4.39. The summed E-state index contributed by atoms with van der Waals surface area (Å²) in [6.45, 7) is 8.86. The average molecular weight is 192 g/mol. The third kappa shape index (κ3) is 2.83. The van der Waals surface area contributed by atoms with Crippen LogP contribution >= 0.6 is 0 Å². The van der Waals surface area contributed by atoms with E-state index in [1.807, 2.05) is 0 Å². The maximum absolute atomic E-state index is 5.18. The van der Waals surface area contributed by atoms with E-state index in [9.17, 15) is 0 Å². The first kappa shape index (κ1) is 10.2. The van der Waals surface area contributed by atoms with Gasteiger partial charge in [0.1, 0.15) is 10.5 Å². The van der Waals surface area contributed by atoms with Gasteiger partial charge in [0.25, 0.3) is 0 Å². The lowest BCUT2D eigenvalue weighted by Crippen LogP contribution is -1.94. The van der Waals surface area contributed by atoms with Crippen LogP contribution in [0.15, 0.2) is 24.8 Å². The summed E-state index contributed by atoms with van der Waals surface area (Å²) < 4.78 is 5.18. The van der Waals surface area contributed by atoms with Crippen molar-refractivity contribution in [2.24, 2.45) is 0 Å². The minimum absolute atomic E-state index is 0.662. The van der Waals surface area contributed by atoms with Gasteiger partial charge in [-0.15, -0.1) is 0 Å². The summed E-state index contributed by atoms with van der Waals surface area (Å²) in [5.74, 6) is 0. The van der Waals surface area contributed by atoms with Crippen molar-refractivity contribution in [3.8, 4) is 0 Å². The van der Waals surface area contributed by atoms with Gasteiger partial charge in [-0.1, -0.05) is 35.9 Å². The van der Waals surface area contributed by atoms with Crippen LogP contribution in [-0.2, 0) is 4.43 Å². The van der Waals surface area contributed by atoms with E-state index < -0.39 is 0 Å². The molecule has 1 aromatic rings. The zero-order valence-corrected chi connectivity index (χ0v) is 10.6. The van der Waals surface area contributed by atoms with E-state index >= 15 is 0 Å². The molecule has 70 valence electrons. The molecule has 0 radical (unpaired) electrons. The largest absolute Gasteiger partial charge is 0.424 e. The number of rotatable bonds is 3. The van der Waals surface area contributed by atoms with Crippen LogP contribution in [0.1, 0.15) is 16.7 Å². The van der Waals surface area contributed by atoms with E-state index in [2.05, 4.69) is 38.6 Å². The highest BCUT2D eigenvalue weighted by atomic mass is 28.2. The fourth-order valence-corrected chi connectivity index (χ4v) is 1.78. The zero-order chi connectivity index (χ0) is 9.84. The monoisotopic (exact) mass is 192 g/mol. The second-order valence-corrected chi connectivity index (χ2v) is 3.99. The van der Waals surface area contributed by atoms with Crippen LogP contribution in [0, 0.1) is 13.8 Å². The summed E-state index contributed by atoms with van der Waals surface area (Å²) in [7, 11) is 0.773. The molecule has 0 N–H and O–H groups in total. The number of benzene rings is 1. The van der Waals surface area contributed by atoms with Crippen LogP contribution in [0.4, 0.5) is 0 Å². The van der Waals surface area contributed by atoms with Gasteiger partial charge in [0, 0.05) is 0 Å². The highest BCUT2D eigenvalue weighted by molar-refractivity contribution is 5.98. The zero-order valence-electron chi connectivity index (χ0n) is 8.55. The van der Waals surface area contributed by atoms with Gasteiger partial charge in [-0.3, -0.25) is 0 Å². The smallest absolute Gasteiger partial charge is 0.146 e. The second kappa shape index (κ2) is 4.39. The summed E-state index contributed by atoms with van der Waals surface area (Å²) in [4.78, 5) is 0. The first-order valence-corrected chi connectivity index (χ1v) is 5.20. The Morgan fingerprint density at radius 2 is 1.85 bits per heavy atom. The van der Waals surface area contributed by atoms with E-state index in [1.54, 1.807) is 0 Å². The van der Waals surface area contributed by atoms with Crippen LogP contribution in [0.2, 0.25) is 0 Å². The molecule has 0 aromatic heterocycles. The van der Waals surface area contributed by atoms with Gasteiger partial charge in [-0.05, 0) is 25.0 Å². The van der Waals surface area contributed by atoms with Gasteiger partial charge < -0.3 is 4.43 Å². The van der Waals surface area contributed by atoms with Crippen molar-refractivity contribution in [1.29, 1.82) is 0 Å². The maximum atomic E-state index is 5.18. The predicted octanol–water partition coefficient (Wildman–Crippen LogP) is 1.61. The molecular formula is C11H16OSi. The molecule has 0 saturated heterocycles. The third-order valence-corrected chi connectivity index (χ3v) is 2.24. The van der Waals surface area contributed by atoms with E-state index in [0.717, 1.165) is 16.1 Å². The van der Waals surface area contributed by atoms with Crippen molar-refractivity contribution in [1.82, 2.24) is 0 Å². The van der Waals surface area contributed by atoms with Gasteiger partial charge in [0.15, 0.2) is 0 Å². The van der Waals surface area contributed by atoms with Crippen LogP contribution < -0.4 is 0 Å². The maximum Gasteiger partial charge on any atom is 0.146 e. The molecule has 1 aromatic carbocycles. The summed E-state index contributed by atoms with van der Waals surface area (Å²) in [6.07, 6.45) is 0. The minimum atomic E-state index is 0.662. The summed E-state index contributed by atoms with van der Waals surface area (Å²) in [6, 6.07) is 6.46. The molecule has 13 heavy (non-hydrogen) atoms. The van der Waals surface area contributed by atoms with Crippen molar-refractivity contribution < 1.29 is 4.43 Å². The Morgan fingerprint density at radius 3 is 2.31 bits per heavy atom. The van der Waals surface area contributed by atoms with Crippen molar-refractivity contribution in [3.63, 3.8) is 0 Å². The van der Waals surface area contributed by atoms with E-state index in [1.165, 1.54) is 16.7 Å². The molecule has 0 fully saturated rings. The summed E-state index contributed by atoms with van der Waals surface area (Å²) in [5.41, 5.74) is 4.84. The molecule has 0 aliphatic heterocycles. The Bertz CT molecular complexity index is 298. The molecule has 0 heterocycles. The third-order valence-electron chi connectivity index (χ3n) is 1.95. The molecule has 0 aliphatic carbocycles. The van der Waals surface area contributed by atoms with Gasteiger partial charge in [0.2, 0.25) is 0 Å². The summed E-state index contributed by atoms with van der Waals surface area (Å²) in [5, 5.41) is 0. The molecule has 1 rings (SSSR count). The van der Waals surface area contributed by atoms with E-state index in [0.29, 0.717) is 6.61 Å². The fraction of sp³-hybridized carbons (Fsp3) is 0.273. The highest BCUT2D eigenvalue weighted by Gasteiger charge is 1.99. The Hall–Kier alpha value is -0.863. The summed E-state index contributed by atoms with van der Waals surface area (Å²) >= 11 is 0. The van der Waals surface area contributed by atoms with E-state index in [4.69, 9.17) is 4.43 Å². The quantitative estimate of drug-likeness (QED) is 0.661. The Morgan fingerprint density at radius 1 is 1.31 bits per heavy atom. The van der Waals surface area contributed by atoms with Crippen LogP contribution in [-0.4, -0.2) is 17.1 Å². The highest BCUT2D eigenvalue weighted by Crippen LogP contribution is 2.16. The van der Waals surface area contributed by atoms with Crippen molar-refractivity contribution in [3.05, 3.63) is 41.5 Å². The lowest BCUT2D eigenvalue weighted by molar-refractivity contribution is 0.409.